The number of hydrogen-bond acceptors (Lipinski definition) is 5. The summed E-state index contributed by atoms with van der Waals surface area (Å²) in [6.07, 6.45) is 0. The largest absolute Gasteiger partial charge is 0.247 e. The molecule has 1 nitrogen and oxygen atoms in total. The van der Waals surface area contributed by atoms with Gasteiger partial charge < -0.3 is 0 Å². The van der Waals surface area contributed by atoms with Gasteiger partial charge >= 0.3 is 0 Å². The van der Waals surface area contributed by atoms with Crippen LogP contribution in [0.15, 0.2) is 0 Å². The fourth-order valence-corrected chi connectivity index (χ4v) is 3.74. The van der Waals surface area contributed by atoms with Gasteiger partial charge in [0.25, 0.3) is 0 Å². The van der Waals surface area contributed by atoms with Crippen LogP contribution in [0.2, 0.25) is 0 Å². The van der Waals surface area contributed by atoms with Gasteiger partial charge in [-0.15, -0.1) is 0 Å². The zero-order valence-electron chi connectivity index (χ0n) is 6.02. The van der Waals surface area contributed by atoms with Gasteiger partial charge in [-0.3, -0.25) is 0 Å². The Labute approximate surface area is 84.6 Å². The lowest BCUT2D eigenvalue weighted by molar-refractivity contribution is 0.756. The molecule has 11 heavy (non-hydrogen) atoms. The molecule has 0 spiro atoms. The first kappa shape index (κ1) is 8.94. The normalized spacial score (nSPS) is 33.8. The highest BCUT2D eigenvalue weighted by molar-refractivity contribution is 8.11. The van der Waals surface area contributed by atoms with Crippen molar-refractivity contribution in [3.63, 3.8) is 0 Å². The fraction of sp³-hybridized carbons (Fsp3) is 1.00. The van der Waals surface area contributed by atoms with E-state index in [0.29, 0.717) is 0 Å². The third-order valence-electron chi connectivity index (χ3n) is 1.41. The molecule has 0 aromatic rings. The van der Waals surface area contributed by atoms with E-state index >= 15 is 0 Å². The van der Waals surface area contributed by atoms with E-state index in [-0.39, 0.29) is 0 Å². The zero-order chi connectivity index (χ0) is 7.52. The summed E-state index contributed by atoms with van der Waals surface area (Å²) in [5.74, 6) is 5.05. The average Bonchev–Trinajstić information content (AvgIpc) is 2.83. The van der Waals surface area contributed by atoms with Crippen LogP contribution in [0, 0.1) is 0 Å². The van der Waals surface area contributed by atoms with Gasteiger partial charge in [-0.05, 0) is 0 Å². The summed E-state index contributed by atoms with van der Waals surface area (Å²) in [5.41, 5.74) is 0. The molecule has 2 unspecified atom stereocenters. The third-order valence-corrected chi connectivity index (χ3v) is 5.62. The molecule has 0 amide bonds. The minimum atomic E-state index is 0.899. The molecule has 2 fully saturated rings. The van der Waals surface area contributed by atoms with Crippen LogP contribution in [0.3, 0.4) is 0 Å². The van der Waals surface area contributed by atoms with E-state index in [0.717, 1.165) is 10.5 Å². The van der Waals surface area contributed by atoms with E-state index in [9.17, 15) is 0 Å². The van der Waals surface area contributed by atoms with Crippen molar-refractivity contribution >= 4 is 47.6 Å². The lowest BCUT2D eigenvalue weighted by Crippen LogP contribution is -1.89. The molecule has 2 aliphatic rings. The highest BCUT2D eigenvalue weighted by Gasteiger charge is 2.24. The topological polar surface area (TPSA) is 9.23 Å². The Balaban J connectivity index is 1.35. The van der Waals surface area contributed by atoms with Crippen LogP contribution < -0.4 is 0 Å². The third kappa shape index (κ3) is 4.22. The van der Waals surface area contributed by atoms with Crippen LogP contribution in [0.5, 0.6) is 0 Å². The molecule has 0 aromatic heterocycles. The SMILES string of the molecule is C(SOSCC1CS1)C1CS1. The molecule has 2 rings (SSSR count). The zero-order valence-corrected chi connectivity index (χ0v) is 9.29. The van der Waals surface area contributed by atoms with Crippen molar-refractivity contribution in [2.24, 2.45) is 0 Å². The van der Waals surface area contributed by atoms with Gasteiger partial charge in [0.15, 0.2) is 0 Å². The summed E-state index contributed by atoms with van der Waals surface area (Å²) in [6.45, 7) is 0. The summed E-state index contributed by atoms with van der Waals surface area (Å²) >= 11 is 7.31. The van der Waals surface area contributed by atoms with Crippen molar-refractivity contribution in [2.75, 3.05) is 23.0 Å². The molecular formula is C6H10OS4. The standard InChI is InChI=1S/C6H10OS4/c1-5(8-1)3-10-7-11-4-6-2-9-6/h5-6H,1-4H2. The maximum absolute atomic E-state index is 5.34. The van der Waals surface area contributed by atoms with Gasteiger partial charge in [0.2, 0.25) is 0 Å². The molecule has 0 bridgehead atoms. The first-order valence-corrected chi connectivity index (χ1v) is 7.51. The number of hydrogen-bond donors (Lipinski definition) is 0. The van der Waals surface area contributed by atoms with Crippen molar-refractivity contribution in [3.8, 4) is 0 Å². The lowest BCUT2D eigenvalue weighted by atomic mass is 10.6. The van der Waals surface area contributed by atoms with Crippen molar-refractivity contribution in [1.82, 2.24) is 0 Å². The second-order valence-corrected chi connectivity index (χ2v) is 6.90. The predicted molar refractivity (Wildman–Crippen MR) is 58.5 cm³/mol. The Kier molecular flexibility index (Phi) is 3.70. The van der Waals surface area contributed by atoms with E-state index in [1.165, 1.54) is 23.0 Å². The second-order valence-electron chi connectivity index (χ2n) is 2.55. The molecule has 0 N–H and O–H groups in total. The molecule has 2 heterocycles. The summed E-state index contributed by atoms with van der Waals surface area (Å²) < 4.78 is 5.34. The van der Waals surface area contributed by atoms with Crippen molar-refractivity contribution in [2.45, 2.75) is 10.5 Å². The Morgan fingerprint density at radius 2 is 1.55 bits per heavy atom. The van der Waals surface area contributed by atoms with Gasteiger partial charge in [0.1, 0.15) is 0 Å². The van der Waals surface area contributed by atoms with Crippen LogP contribution >= 0.6 is 47.6 Å². The fourth-order valence-electron chi connectivity index (χ4n) is 0.570. The van der Waals surface area contributed by atoms with E-state index in [2.05, 4.69) is 0 Å². The Morgan fingerprint density at radius 1 is 1.09 bits per heavy atom. The first-order chi connectivity index (χ1) is 5.45. The Bertz CT molecular complexity index is 110. The summed E-state index contributed by atoms with van der Waals surface area (Å²) in [4.78, 5) is 0. The summed E-state index contributed by atoms with van der Waals surface area (Å²) in [5, 5.41) is 1.80. The maximum atomic E-state index is 5.34. The minimum absolute atomic E-state index is 0.899. The molecule has 64 valence electrons. The highest BCUT2D eigenvalue weighted by atomic mass is 32.2. The molecular weight excluding hydrogens is 216 g/mol. The Morgan fingerprint density at radius 3 is 1.91 bits per heavy atom. The number of rotatable bonds is 6. The predicted octanol–water partition coefficient (Wildman–Crippen LogP) is 2.53. The molecule has 0 saturated carbocycles. The van der Waals surface area contributed by atoms with Crippen molar-refractivity contribution in [3.05, 3.63) is 0 Å². The molecule has 5 heteroatoms. The van der Waals surface area contributed by atoms with Crippen LogP contribution in [0.4, 0.5) is 0 Å². The van der Waals surface area contributed by atoms with Gasteiger partial charge in [-0.25, -0.2) is 3.63 Å². The van der Waals surface area contributed by atoms with Crippen LogP contribution in [-0.2, 0) is 3.63 Å². The maximum Gasteiger partial charge on any atom is 0.0337 e. The van der Waals surface area contributed by atoms with E-state index in [4.69, 9.17) is 3.63 Å². The number of thioether (sulfide) groups is 2. The van der Waals surface area contributed by atoms with E-state index in [1.807, 2.05) is 23.5 Å². The highest BCUT2D eigenvalue weighted by Crippen LogP contribution is 2.36. The van der Waals surface area contributed by atoms with Gasteiger partial charge in [-0.2, -0.15) is 23.5 Å². The molecule has 2 aliphatic heterocycles. The second kappa shape index (κ2) is 4.56. The smallest absolute Gasteiger partial charge is 0.0337 e. The molecule has 0 radical (unpaired) electrons. The van der Waals surface area contributed by atoms with Crippen LogP contribution in [0.25, 0.3) is 0 Å². The van der Waals surface area contributed by atoms with Crippen LogP contribution in [-0.4, -0.2) is 33.5 Å². The minimum Gasteiger partial charge on any atom is -0.247 e. The molecule has 2 atom stereocenters. The van der Waals surface area contributed by atoms with E-state index in [1.54, 1.807) is 24.1 Å². The van der Waals surface area contributed by atoms with Crippen molar-refractivity contribution in [1.29, 1.82) is 0 Å². The van der Waals surface area contributed by atoms with Gasteiger partial charge in [-0.1, -0.05) is 0 Å². The molecule has 0 aliphatic carbocycles. The average molecular weight is 226 g/mol. The van der Waals surface area contributed by atoms with Gasteiger partial charge in [0.05, 0.1) is 0 Å². The summed E-state index contributed by atoms with van der Waals surface area (Å²) in [6, 6.07) is 0. The molecule has 2 saturated heterocycles. The lowest BCUT2D eigenvalue weighted by Gasteiger charge is -1.97. The molecule has 0 aromatic carbocycles. The van der Waals surface area contributed by atoms with Gasteiger partial charge in [0, 0.05) is 57.6 Å². The van der Waals surface area contributed by atoms with E-state index < -0.39 is 0 Å². The first-order valence-electron chi connectivity index (χ1n) is 3.59. The van der Waals surface area contributed by atoms with Crippen molar-refractivity contribution < 1.29 is 3.63 Å². The monoisotopic (exact) mass is 226 g/mol. The Hall–Kier alpha value is 1.36. The summed E-state index contributed by atoms with van der Waals surface area (Å²) in [7, 11) is 0. The quantitative estimate of drug-likeness (QED) is 0.390. The van der Waals surface area contributed by atoms with Crippen LogP contribution in [0.1, 0.15) is 0 Å².